The van der Waals surface area contributed by atoms with Gasteiger partial charge in [-0.1, -0.05) is 12.1 Å². The third-order valence-corrected chi connectivity index (χ3v) is 4.68. The van der Waals surface area contributed by atoms with Crippen LogP contribution < -0.4 is 0 Å². The number of nitrogens with zero attached hydrogens (tertiary/aromatic N) is 4. The average Bonchev–Trinajstić information content (AvgIpc) is 3.29. The van der Waals surface area contributed by atoms with Gasteiger partial charge in [0.1, 0.15) is 5.56 Å². The van der Waals surface area contributed by atoms with E-state index in [-0.39, 0.29) is 12.5 Å². The summed E-state index contributed by atoms with van der Waals surface area (Å²) in [6.45, 7) is 1.93. The smallest absolute Gasteiger partial charge is 0.342 e. The van der Waals surface area contributed by atoms with Crippen LogP contribution in [0.1, 0.15) is 20.9 Å². The molecule has 0 unspecified atom stereocenters. The van der Waals surface area contributed by atoms with Crippen LogP contribution in [0.15, 0.2) is 48.1 Å². The number of esters is 1. The molecular formula is C18H18N4O3S. The molecular weight excluding hydrogens is 352 g/mol. The standard InChI is InChI=1S/C18H18N4O3S/c1-13-15(10-20-22(13)16-7-3-4-8-19-16)18(24)25-12-17(23)21(2)11-14-6-5-9-26-14/h3-10H,11-12H2,1-2H3. The Kier molecular flexibility index (Phi) is 5.43. The van der Waals surface area contributed by atoms with Gasteiger partial charge in [-0.3, -0.25) is 4.79 Å². The van der Waals surface area contributed by atoms with E-state index in [1.54, 1.807) is 48.3 Å². The lowest BCUT2D eigenvalue weighted by atomic mass is 10.2. The Morgan fingerprint density at radius 1 is 1.27 bits per heavy atom. The lowest BCUT2D eigenvalue weighted by Gasteiger charge is -2.16. The normalized spacial score (nSPS) is 10.5. The molecule has 0 aromatic carbocycles. The molecule has 3 aromatic heterocycles. The van der Waals surface area contributed by atoms with Crippen LogP contribution in [0.25, 0.3) is 5.82 Å². The Hall–Kier alpha value is -3.00. The maximum atomic E-state index is 12.3. The summed E-state index contributed by atoms with van der Waals surface area (Å²) in [5.41, 5.74) is 0.914. The molecule has 26 heavy (non-hydrogen) atoms. The molecule has 134 valence electrons. The van der Waals surface area contributed by atoms with Crippen molar-refractivity contribution in [2.24, 2.45) is 0 Å². The second kappa shape index (κ2) is 7.92. The summed E-state index contributed by atoms with van der Waals surface area (Å²) in [6.07, 6.45) is 3.07. The second-order valence-electron chi connectivity index (χ2n) is 5.65. The number of aromatic nitrogens is 3. The Morgan fingerprint density at radius 3 is 2.81 bits per heavy atom. The van der Waals surface area contributed by atoms with E-state index in [1.807, 2.05) is 23.6 Å². The highest BCUT2D eigenvalue weighted by Crippen LogP contribution is 2.14. The van der Waals surface area contributed by atoms with Gasteiger partial charge >= 0.3 is 5.97 Å². The Labute approximate surface area is 154 Å². The van der Waals surface area contributed by atoms with Crippen molar-refractivity contribution >= 4 is 23.2 Å². The van der Waals surface area contributed by atoms with Crippen LogP contribution >= 0.6 is 11.3 Å². The summed E-state index contributed by atoms with van der Waals surface area (Å²) >= 11 is 1.57. The van der Waals surface area contributed by atoms with Crippen LogP contribution in [0.4, 0.5) is 0 Å². The maximum absolute atomic E-state index is 12.3. The van der Waals surface area contributed by atoms with Gasteiger partial charge in [0.2, 0.25) is 0 Å². The molecule has 0 radical (unpaired) electrons. The Bertz CT molecular complexity index is 891. The fourth-order valence-corrected chi connectivity index (χ4v) is 3.12. The Balaban J connectivity index is 1.60. The van der Waals surface area contributed by atoms with Crippen LogP contribution in [0, 0.1) is 6.92 Å². The first-order chi connectivity index (χ1) is 12.6. The molecule has 0 N–H and O–H groups in total. The average molecular weight is 370 g/mol. The number of pyridine rings is 1. The minimum atomic E-state index is -0.581. The summed E-state index contributed by atoms with van der Waals surface area (Å²) in [5.74, 6) is -0.236. The molecule has 0 fully saturated rings. The zero-order chi connectivity index (χ0) is 18.5. The predicted molar refractivity (Wildman–Crippen MR) is 97.2 cm³/mol. The van der Waals surface area contributed by atoms with Gasteiger partial charge in [0.25, 0.3) is 5.91 Å². The van der Waals surface area contributed by atoms with Crippen molar-refractivity contribution in [2.45, 2.75) is 13.5 Å². The highest BCUT2D eigenvalue weighted by atomic mass is 32.1. The van der Waals surface area contributed by atoms with Gasteiger partial charge in [-0.15, -0.1) is 11.3 Å². The minimum Gasteiger partial charge on any atom is -0.452 e. The number of amides is 1. The van der Waals surface area contributed by atoms with Crippen molar-refractivity contribution < 1.29 is 14.3 Å². The number of rotatable bonds is 6. The van der Waals surface area contributed by atoms with Gasteiger partial charge in [0.05, 0.1) is 18.4 Å². The molecule has 0 aliphatic heterocycles. The molecule has 1 amide bonds. The van der Waals surface area contributed by atoms with Crippen LogP contribution in [0.5, 0.6) is 0 Å². The van der Waals surface area contributed by atoms with Gasteiger partial charge in [-0.2, -0.15) is 5.10 Å². The SMILES string of the molecule is Cc1c(C(=O)OCC(=O)N(C)Cc2cccs2)cnn1-c1ccccn1. The largest absolute Gasteiger partial charge is 0.452 e. The monoisotopic (exact) mass is 370 g/mol. The summed E-state index contributed by atoms with van der Waals surface area (Å²) in [7, 11) is 1.68. The molecule has 0 atom stereocenters. The van der Waals surface area contributed by atoms with Crippen molar-refractivity contribution in [3.63, 3.8) is 0 Å². The summed E-state index contributed by atoms with van der Waals surface area (Å²) in [5, 5.41) is 6.13. The first-order valence-electron chi connectivity index (χ1n) is 7.95. The van der Waals surface area contributed by atoms with E-state index in [9.17, 15) is 9.59 Å². The fourth-order valence-electron chi connectivity index (χ4n) is 2.36. The molecule has 0 aliphatic rings. The molecule has 3 rings (SSSR count). The molecule has 3 aromatic rings. The lowest BCUT2D eigenvalue weighted by Crippen LogP contribution is -2.30. The lowest BCUT2D eigenvalue weighted by molar-refractivity contribution is -0.133. The van der Waals surface area contributed by atoms with Gasteiger partial charge in [0.15, 0.2) is 12.4 Å². The second-order valence-corrected chi connectivity index (χ2v) is 6.68. The topological polar surface area (TPSA) is 77.3 Å². The van der Waals surface area contributed by atoms with Gasteiger partial charge < -0.3 is 9.64 Å². The fraction of sp³-hybridized carbons (Fsp3) is 0.222. The number of ether oxygens (including phenoxy) is 1. The van der Waals surface area contributed by atoms with E-state index in [1.165, 1.54) is 11.1 Å². The van der Waals surface area contributed by atoms with Gasteiger partial charge in [-0.25, -0.2) is 14.5 Å². The number of thiophene rings is 1. The van der Waals surface area contributed by atoms with Crippen LogP contribution in [-0.4, -0.2) is 45.2 Å². The molecule has 8 heteroatoms. The highest BCUT2D eigenvalue weighted by Gasteiger charge is 2.19. The zero-order valence-corrected chi connectivity index (χ0v) is 15.3. The van der Waals surface area contributed by atoms with E-state index in [4.69, 9.17) is 4.74 Å². The van der Waals surface area contributed by atoms with E-state index >= 15 is 0 Å². The summed E-state index contributed by atoms with van der Waals surface area (Å²) in [6, 6.07) is 9.31. The molecule has 7 nitrogen and oxygen atoms in total. The predicted octanol–water partition coefficient (Wildman–Crippen LogP) is 2.45. The molecule has 0 aliphatic carbocycles. The maximum Gasteiger partial charge on any atom is 0.342 e. The first-order valence-corrected chi connectivity index (χ1v) is 8.83. The first kappa shape index (κ1) is 17.8. The number of carbonyl (C=O) groups excluding carboxylic acids is 2. The van der Waals surface area contributed by atoms with E-state index < -0.39 is 5.97 Å². The van der Waals surface area contributed by atoms with Crippen molar-refractivity contribution in [1.82, 2.24) is 19.7 Å². The quantitative estimate of drug-likeness (QED) is 0.623. The Morgan fingerprint density at radius 2 is 2.12 bits per heavy atom. The highest BCUT2D eigenvalue weighted by molar-refractivity contribution is 7.09. The zero-order valence-electron chi connectivity index (χ0n) is 14.5. The third-order valence-electron chi connectivity index (χ3n) is 3.82. The van der Waals surface area contributed by atoms with Crippen LogP contribution in [0.3, 0.4) is 0 Å². The van der Waals surface area contributed by atoms with Crippen molar-refractivity contribution in [3.05, 3.63) is 64.2 Å². The van der Waals surface area contributed by atoms with E-state index in [0.717, 1.165) is 4.88 Å². The third kappa shape index (κ3) is 3.97. The van der Waals surface area contributed by atoms with Crippen LogP contribution in [-0.2, 0) is 16.1 Å². The molecule has 0 saturated carbocycles. The number of carbonyl (C=O) groups is 2. The molecule has 3 heterocycles. The number of hydrogen-bond acceptors (Lipinski definition) is 6. The van der Waals surface area contributed by atoms with Crippen LogP contribution in [0.2, 0.25) is 0 Å². The summed E-state index contributed by atoms with van der Waals surface area (Å²) in [4.78, 5) is 31.2. The molecule has 0 saturated heterocycles. The van der Waals surface area contributed by atoms with E-state index in [2.05, 4.69) is 10.1 Å². The van der Waals surface area contributed by atoms with Gasteiger partial charge in [-0.05, 0) is 30.5 Å². The van der Waals surface area contributed by atoms with Crippen molar-refractivity contribution in [2.75, 3.05) is 13.7 Å². The number of likely N-dealkylation sites (N-methyl/N-ethyl adjacent to an activating group) is 1. The van der Waals surface area contributed by atoms with Gasteiger partial charge in [0, 0.05) is 18.1 Å². The minimum absolute atomic E-state index is 0.262. The molecule has 0 spiro atoms. The number of hydrogen-bond donors (Lipinski definition) is 0. The van der Waals surface area contributed by atoms with Crippen molar-refractivity contribution in [1.29, 1.82) is 0 Å². The van der Waals surface area contributed by atoms with Crippen molar-refractivity contribution in [3.8, 4) is 5.82 Å². The molecule has 0 bridgehead atoms. The summed E-state index contributed by atoms with van der Waals surface area (Å²) < 4.78 is 6.72. The van der Waals surface area contributed by atoms with E-state index in [0.29, 0.717) is 23.6 Å².